The van der Waals surface area contributed by atoms with Crippen molar-refractivity contribution in [1.29, 1.82) is 0 Å². The molecule has 0 radical (unpaired) electrons. The van der Waals surface area contributed by atoms with Crippen LogP contribution >= 0.6 is 0 Å². The van der Waals surface area contributed by atoms with Crippen LogP contribution < -0.4 is 0 Å². The zero-order valence-corrected chi connectivity index (χ0v) is 11.8. The lowest BCUT2D eigenvalue weighted by atomic mass is 10.0. The highest BCUT2D eigenvalue weighted by atomic mass is 16.6. The SMILES string of the molecule is CCOC(=O)C(=O)OCC[C@@H](C)CCC=C(C)C. The van der Waals surface area contributed by atoms with Crippen LogP contribution in [0.3, 0.4) is 0 Å². The summed E-state index contributed by atoms with van der Waals surface area (Å²) in [6.45, 7) is 8.37. The summed E-state index contributed by atoms with van der Waals surface area (Å²) >= 11 is 0. The molecule has 0 saturated carbocycles. The quantitative estimate of drug-likeness (QED) is 0.399. The fourth-order valence-electron chi connectivity index (χ4n) is 1.40. The Hall–Kier alpha value is -1.32. The maximum Gasteiger partial charge on any atom is 0.417 e. The third-order valence-electron chi connectivity index (χ3n) is 2.50. The van der Waals surface area contributed by atoms with Crippen molar-refractivity contribution in [2.24, 2.45) is 5.92 Å². The summed E-state index contributed by atoms with van der Waals surface area (Å²) in [7, 11) is 0. The van der Waals surface area contributed by atoms with E-state index in [4.69, 9.17) is 4.74 Å². The van der Waals surface area contributed by atoms with Gasteiger partial charge in [0.2, 0.25) is 0 Å². The molecule has 0 aliphatic heterocycles. The van der Waals surface area contributed by atoms with Crippen LogP contribution in [0.5, 0.6) is 0 Å². The van der Waals surface area contributed by atoms with Gasteiger partial charge in [0.05, 0.1) is 13.2 Å². The number of ether oxygens (including phenoxy) is 2. The van der Waals surface area contributed by atoms with Crippen LogP contribution in [-0.4, -0.2) is 25.2 Å². The molecular formula is C14H24O4. The van der Waals surface area contributed by atoms with E-state index in [0.29, 0.717) is 5.92 Å². The first kappa shape index (κ1) is 16.7. The molecule has 4 nitrogen and oxygen atoms in total. The van der Waals surface area contributed by atoms with Crippen molar-refractivity contribution in [1.82, 2.24) is 0 Å². The van der Waals surface area contributed by atoms with Crippen LogP contribution in [0.2, 0.25) is 0 Å². The lowest BCUT2D eigenvalue weighted by Crippen LogP contribution is -2.21. The normalized spacial score (nSPS) is 11.6. The molecule has 0 saturated heterocycles. The van der Waals surface area contributed by atoms with E-state index in [1.54, 1.807) is 6.92 Å². The van der Waals surface area contributed by atoms with Crippen molar-refractivity contribution in [3.8, 4) is 0 Å². The largest absolute Gasteiger partial charge is 0.458 e. The molecule has 0 aliphatic rings. The van der Waals surface area contributed by atoms with E-state index < -0.39 is 11.9 Å². The molecule has 18 heavy (non-hydrogen) atoms. The third kappa shape index (κ3) is 8.79. The van der Waals surface area contributed by atoms with Gasteiger partial charge in [-0.2, -0.15) is 0 Å². The second kappa shape index (κ2) is 9.68. The number of allylic oxidation sites excluding steroid dienone is 2. The summed E-state index contributed by atoms with van der Waals surface area (Å²) in [6, 6.07) is 0. The summed E-state index contributed by atoms with van der Waals surface area (Å²) in [4.78, 5) is 22.1. The van der Waals surface area contributed by atoms with Crippen molar-refractivity contribution >= 4 is 11.9 Å². The number of hydrogen-bond donors (Lipinski definition) is 0. The summed E-state index contributed by atoms with van der Waals surface area (Å²) in [5.41, 5.74) is 1.32. The maximum absolute atomic E-state index is 11.1. The molecule has 1 atom stereocenters. The lowest BCUT2D eigenvalue weighted by Gasteiger charge is -2.10. The van der Waals surface area contributed by atoms with Crippen LogP contribution in [-0.2, 0) is 19.1 Å². The molecule has 0 aromatic heterocycles. The molecule has 0 unspecified atom stereocenters. The third-order valence-corrected chi connectivity index (χ3v) is 2.50. The average Bonchev–Trinajstić information content (AvgIpc) is 2.28. The highest BCUT2D eigenvalue weighted by Crippen LogP contribution is 2.11. The van der Waals surface area contributed by atoms with Crippen LogP contribution in [0.25, 0.3) is 0 Å². The number of carbonyl (C=O) groups excluding carboxylic acids is 2. The Kier molecular flexibility index (Phi) is 8.97. The standard InChI is InChI=1S/C14H24O4/c1-5-17-13(15)14(16)18-10-9-12(4)8-6-7-11(2)3/h7,12H,5-6,8-10H2,1-4H3/t12-/m0/s1. The van der Waals surface area contributed by atoms with Crippen molar-refractivity contribution < 1.29 is 19.1 Å². The zero-order chi connectivity index (χ0) is 14.0. The van der Waals surface area contributed by atoms with Gasteiger partial charge in [0.15, 0.2) is 0 Å². The first-order valence-corrected chi connectivity index (χ1v) is 6.44. The Labute approximate surface area is 109 Å². The van der Waals surface area contributed by atoms with Gasteiger partial charge in [0, 0.05) is 0 Å². The summed E-state index contributed by atoms with van der Waals surface area (Å²) < 4.78 is 9.36. The molecule has 104 valence electrons. The molecule has 0 aromatic rings. The molecule has 0 N–H and O–H groups in total. The minimum absolute atomic E-state index is 0.188. The van der Waals surface area contributed by atoms with Crippen molar-refractivity contribution in [2.75, 3.05) is 13.2 Å². The minimum Gasteiger partial charge on any atom is -0.458 e. The molecule has 0 amide bonds. The van der Waals surface area contributed by atoms with E-state index in [0.717, 1.165) is 19.3 Å². The second-order valence-electron chi connectivity index (χ2n) is 4.61. The van der Waals surface area contributed by atoms with Crippen molar-refractivity contribution in [2.45, 2.75) is 47.0 Å². The van der Waals surface area contributed by atoms with Crippen molar-refractivity contribution in [3.05, 3.63) is 11.6 Å². The highest BCUT2D eigenvalue weighted by Gasteiger charge is 2.16. The fourth-order valence-corrected chi connectivity index (χ4v) is 1.40. The van der Waals surface area contributed by atoms with E-state index in [-0.39, 0.29) is 13.2 Å². The topological polar surface area (TPSA) is 52.6 Å². The smallest absolute Gasteiger partial charge is 0.417 e. The number of carbonyl (C=O) groups is 2. The Balaban J connectivity index is 3.67. The van der Waals surface area contributed by atoms with E-state index in [2.05, 4.69) is 31.6 Å². The molecule has 0 aliphatic carbocycles. The van der Waals surface area contributed by atoms with Crippen LogP contribution in [0.1, 0.15) is 47.0 Å². The summed E-state index contributed by atoms with van der Waals surface area (Å²) in [6.07, 6.45) is 5.06. The average molecular weight is 256 g/mol. The fraction of sp³-hybridized carbons (Fsp3) is 0.714. The Morgan fingerprint density at radius 2 is 1.72 bits per heavy atom. The molecule has 0 fully saturated rings. The molecule has 0 bridgehead atoms. The van der Waals surface area contributed by atoms with Gasteiger partial charge in [-0.3, -0.25) is 0 Å². The molecule has 0 spiro atoms. The minimum atomic E-state index is -0.908. The van der Waals surface area contributed by atoms with E-state index in [1.807, 2.05) is 0 Å². The molecule has 0 rings (SSSR count). The number of hydrogen-bond acceptors (Lipinski definition) is 4. The lowest BCUT2D eigenvalue weighted by molar-refractivity contribution is -0.167. The summed E-state index contributed by atoms with van der Waals surface area (Å²) in [5.74, 6) is -1.33. The Morgan fingerprint density at radius 1 is 1.11 bits per heavy atom. The van der Waals surface area contributed by atoms with Crippen LogP contribution in [0.15, 0.2) is 11.6 Å². The van der Waals surface area contributed by atoms with Crippen LogP contribution in [0.4, 0.5) is 0 Å². The molecule has 0 heterocycles. The van der Waals surface area contributed by atoms with Crippen LogP contribution in [0, 0.1) is 5.92 Å². The zero-order valence-electron chi connectivity index (χ0n) is 11.8. The maximum atomic E-state index is 11.1. The van der Waals surface area contributed by atoms with E-state index in [9.17, 15) is 9.59 Å². The van der Waals surface area contributed by atoms with E-state index >= 15 is 0 Å². The van der Waals surface area contributed by atoms with Gasteiger partial charge in [0.1, 0.15) is 0 Å². The first-order chi connectivity index (χ1) is 8.47. The van der Waals surface area contributed by atoms with Gasteiger partial charge < -0.3 is 9.47 Å². The predicted octanol–water partition coefficient (Wildman–Crippen LogP) is 2.87. The van der Waals surface area contributed by atoms with Gasteiger partial charge in [-0.1, -0.05) is 18.6 Å². The first-order valence-electron chi connectivity index (χ1n) is 6.44. The second-order valence-corrected chi connectivity index (χ2v) is 4.61. The number of rotatable bonds is 7. The predicted molar refractivity (Wildman–Crippen MR) is 70.0 cm³/mol. The molecular weight excluding hydrogens is 232 g/mol. The highest BCUT2D eigenvalue weighted by molar-refractivity contribution is 6.29. The molecule has 4 heteroatoms. The van der Waals surface area contributed by atoms with Gasteiger partial charge in [-0.25, -0.2) is 9.59 Å². The number of esters is 2. The van der Waals surface area contributed by atoms with Gasteiger partial charge in [0.25, 0.3) is 0 Å². The van der Waals surface area contributed by atoms with Gasteiger partial charge >= 0.3 is 11.9 Å². The van der Waals surface area contributed by atoms with Gasteiger partial charge in [-0.15, -0.1) is 0 Å². The van der Waals surface area contributed by atoms with Gasteiger partial charge in [-0.05, 0) is 46.0 Å². The monoisotopic (exact) mass is 256 g/mol. The van der Waals surface area contributed by atoms with Crippen molar-refractivity contribution in [3.63, 3.8) is 0 Å². The summed E-state index contributed by atoms with van der Waals surface area (Å²) in [5, 5.41) is 0. The molecule has 0 aromatic carbocycles. The Bertz CT molecular complexity index is 290. The Morgan fingerprint density at radius 3 is 2.28 bits per heavy atom. The van der Waals surface area contributed by atoms with E-state index in [1.165, 1.54) is 5.57 Å².